The number of aliphatic hydroxyl groups excluding tert-OH is 1. The van der Waals surface area contributed by atoms with Crippen molar-refractivity contribution < 1.29 is 23.8 Å². The Morgan fingerprint density at radius 2 is 1.20 bits per heavy atom. The van der Waals surface area contributed by atoms with Crippen LogP contribution >= 0.6 is 11.6 Å². The zero-order valence-corrected chi connectivity index (χ0v) is 43.3. The van der Waals surface area contributed by atoms with E-state index in [0.717, 1.165) is 98.1 Å². The first-order valence-corrected chi connectivity index (χ1v) is 26.1. The van der Waals surface area contributed by atoms with Gasteiger partial charge in [0.1, 0.15) is 30.5 Å². The van der Waals surface area contributed by atoms with Crippen LogP contribution in [-0.2, 0) is 13.2 Å². The maximum absolute atomic E-state index is 9.19. The summed E-state index contributed by atoms with van der Waals surface area (Å²) in [6.07, 6.45) is 7.23. The molecule has 13 rings (SSSR count). The second-order valence-electron chi connectivity index (χ2n) is 18.9. The number of benzene rings is 5. The number of ether oxygens (including phenoxy) is 3. The lowest BCUT2D eigenvalue weighted by Crippen LogP contribution is -2.23. The summed E-state index contributed by atoms with van der Waals surface area (Å²) >= 11 is 5.78. The molecule has 18 nitrogen and oxygen atoms in total. The van der Waals surface area contributed by atoms with Crippen LogP contribution in [0.5, 0.6) is 17.2 Å². The average Bonchev–Trinajstić information content (AvgIpc) is 4.28. The summed E-state index contributed by atoms with van der Waals surface area (Å²) in [5.41, 5.74) is 10.4. The van der Waals surface area contributed by atoms with E-state index in [1.54, 1.807) is 21.4 Å². The minimum atomic E-state index is -0.0357. The second kappa shape index (κ2) is 22.9. The van der Waals surface area contributed by atoms with Crippen molar-refractivity contribution in [2.75, 3.05) is 18.5 Å². The molecule has 0 saturated heterocycles. The molecule has 1 saturated carbocycles. The minimum absolute atomic E-state index is 0.0357. The fourth-order valence-electron chi connectivity index (χ4n) is 9.49. The number of pyridine rings is 2. The number of nitrogens with one attached hydrogen (secondary N) is 1. The number of aromatic nitrogens is 12. The Balaban J connectivity index is 0.000000158. The third-order valence-corrected chi connectivity index (χ3v) is 13.8. The second-order valence-corrected chi connectivity index (χ2v) is 19.2. The molecule has 5 aromatic carbocycles. The SMILES string of the molecule is C=C(CO)CNc1cccc(-c2ccc3c(OCc4nnc5ccc(-c6ccccc6)nn45)ccnc3c2)c1.Clc1nc(C2CCC(Oc3ccc4c(OCc5nnc6ccc(-c7ccccc7)nn56)ccnc4c3)CC2)no1. The van der Waals surface area contributed by atoms with Gasteiger partial charge in [-0.2, -0.15) is 24.2 Å². The number of fused-ring (bicyclic) bond motifs is 4. The zero-order chi connectivity index (χ0) is 53.5. The number of halogens is 1. The molecule has 0 amide bonds. The fourth-order valence-corrected chi connectivity index (χ4v) is 9.61. The van der Waals surface area contributed by atoms with Gasteiger partial charge in [-0.15, -0.1) is 20.4 Å². The van der Waals surface area contributed by atoms with Crippen molar-refractivity contribution in [2.45, 2.75) is 50.9 Å². The molecule has 0 spiro atoms. The summed E-state index contributed by atoms with van der Waals surface area (Å²) in [5, 5.41) is 44.9. The Bertz CT molecular complexity index is 4090. The van der Waals surface area contributed by atoms with Crippen LogP contribution in [0.2, 0.25) is 5.35 Å². The van der Waals surface area contributed by atoms with Gasteiger partial charge in [0.05, 0.1) is 35.1 Å². The van der Waals surface area contributed by atoms with Crippen LogP contribution in [0.4, 0.5) is 5.69 Å². The Kier molecular flexibility index (Phi) is 14.5. The number of aliphatic hydroxyl groups is 1. The molecule has 0 bridgehead atoms. The first kappa shape index (κ1) is 50.2. The predicted molar refractivity (Wildman–Crippen MR) is 300 cm³/mol. The summed E-state index contributed by atoms with van der Waals surface area (Å²) in [6, 6.07) is 51.5. The smallest absolute Gasteiger partial charge is 0.320 e. The van der Waals surface area contributed by atoms with Gasteiger partial charge in [-0.25, -0.2) is 0 Å². The van der Waals surface area contributed by atoms with Crippen LogP contribution in [0, 0.1) is 0 Å². The van der Waals surface area contributed by atoms with Crippen LogP contribution in [0.3, 0.4) is 0 Å². The Morgan fingerprint density at radius 1 is 0.620 bits per heavy atom. The maximum Gasteiger partial charge on any atom is 0.320 e. The zero-order valence-electron chi connectivity index (χ0n) is 42.5. The van der Waals surface area contributed by atoms with Crippen molar-refractivity contribution in [2.24, 2.45) is 0 Å². The van der Waals surface area contributed by atoms with Crippen LogP contribution in [0.25, 0.3) is 66.7 Å². The van der Waals surface area contributed by atoms with Gasteiger partial charge in [-0.05, 0) is 127 Å². The van der Waals surface area contributed by atoms with Gasteiger partial charge in [0, 0.05) is 58.5 Å². The molecule has 1 aliphatic carbocycles. The molecule has 2 N–H and O–H groups in total. The molecule has 0 radical (unpaired) electrons. The predicted octanol–water partition coefficient (Wildman–Crippen LogP) is 11.6. The Labute approximate surface area is 457 Å². The molecular weight excluding hydrogens is 1020 g/mol. The molecule has 7 heterocycles. The Morgan fingerprint density at radius 3 is 1.80 bits per heavy atom. The highest BCUT2D eigenvalue weighted by molar-refractivity contribution is 6.27. The highest BCUT2D eigenvalue weighted by atomic mass is 35.5. The first-order chi connectivity index (χ1) is 38.9. The van der Waals surface area contributed by atoms with Crippen molar-refractivity contribution in [3.05, 3.63) is 205 Å². The molecule has 0 unspecified atom stereocenters. The van der Waals surface area contributed by atoms with E-state index in [1.165, 1.54) is 0 Å². The average molecular weight is 1070 g/mol. The molecule has 7 aromatic heterocycles. The summed E-state index contributed by atoms with van der Waals surface area (Å²) in [5.74, 6) is 4.33. The van der Waals surface area contributed by atoms with Crippen LogP contribution in [-0.4, -0.2) is 84.1 Å². The van der Waals surface area contributed by atoms with E-state index in [4.69, 9.17) is 40.5 Å². The molecule has 12 aromatic rings. The number of nitrogens with zero attached hydrogens (tertiary/aromatic N) is 12. The van der Waals surface area contributed by atoms with Gasteiger partial charge in [0.2, 0.25) is 0 Å². The highest BCUT2D eigenvalue weighted by Gasteiger charge is 2.27. The quantitative estimate of drug-likeness (QED) is 0.0862. The van der Waals surface area contributed by atoms with Gasteiger partial charge < -0.3 is 29.2 Å². The van der Waals surface area contributed by atoms with Crippen molar-refractivity contribution in [1.29, 1.82) is 0 Å². The van der Waals surface area contributed by atoms with E-state index in [1.807, 2.05) is 140 Å². The fraction of sp³-hybridized carbons (Fsp3) is 0.167. The standard InChI is InChI=1S/C31H26N6O2.C29H24ClN7O3/c1-21(19-38)18-33-25-9-5-8-23(16-25)24-10-11-26-28(17-24)32-15-14-29(26)39-20-31-35-34-30-13-12-27(36-37(30)31)22-6-3-2-4-7-22;30-29-32-28(36-40-29)19-6-8-20(9-7-19)39-21-10-11-22-24(16-21)31-15-14-25(22)38-17-27-34-33-26-13-12-23(35-37(26)27)18-4-2-1-3-5-18/h2-17,33,38H,1,18-20H2;1-5,10-16,19-20H,6-9,17H2. The van der Waals surface area contributed by atoms with Crippen LogP contribution in [0.1, 0.15) is 49.1 Å². The molecule has 1 aliphatic rings. The topological polar surface area (TPSA) is 211 Å². The third-order valence-electron chi connectivity index (χ3n) is 13.6. The van der Waals surface area contributed by atoms with E-state index in [9.17, 15) is 5.11 Å². The number of rotatable bonds is 16. The molecular formula is C60H50ClN13O5. The lowest BCUT2D eigenvalue weighted by atomic mass is 9.87. The van der Waals surface area contributed by atoms with Crippen molar-refractivity contribution in [1.82, 2.24) is 59.7 Å². The van der Waals surface area contributed by atoms with E-state index in [-0.39, 0.29) is 37.2 Å². The number of anilines is 1. The van der Waals surface area contributed by atoms with Gasteiger partial charge in [0.15, 0.2) is 28.8 Å². The molecule has 79 heavy (non-hydrogen) atoms. The lowest BCUT2D eigenvalue weighted by Gasteiger charge is -2.27. The minimum Gasteiger partial charge on any atom is -0.490 e. The molecule has 0 aliphatic heterocycles. The summed E-state index contributed by atoms with van der Waals surface area (Å²) < 4.78 is 27.1. The van der Waals surface area contributed by atoms with Crippen molar-refractivity contribution in [3.8, 4) is 50.9 Å². The molecule has 19 heteroatoms. The van der Waals surface area contributed by atoms with Crippen LogP contribution < -0.4 is 19.5 Å². The summed E-state index contributed by atoms with van der Waals surface area (Å²) in [7, 11) is 0. The van der Waals surface area contributed by atoms with E-state index >= 15 is 0 Å². The molecule has 1 fully saturated rings. The number of hydrogen-bond donors (Lipinski definition) is 2. The van der Waals surface area contributed by atoms with Crippen LogP contribution in [0.15, 0.2) is 187 Å². The maximum atomic E-state index is 9.19. The molecule has 0 atom stereocenters. The van der Waals surface area contributed by atoms with Gasteiger partial charge in [-0.3, -0.25) is 9.97 Å². The van der Waals surface area contributed by atoms with Gasteiger partial charge in [0.25, 0.3) is 0 Å². The Hall–Kier alpha value is -9.65. The highest BCUT2D eigenvalue weighted by Crippen LogP contribution is 2.36. The van der Waals surface area contributed by atoms with Crippen molar-refractivity contribution in [3.63, 3.8) is 0 Å². The largest absolute Gasteiger partial charge is 0.490 e. The van der Waals surface area contributed by atoms with Crippen molar-refractivity contribution >= 4 is 50.4 Å². The van der Waals surface area contributed by atoms with E-state index in [2.05, 4.69) is 70.6 Å². The first-order valence-electron chi connectivity index (χ1n) is 25.7. The van der Waals surface area contributed by atoms with Gasteiger partial charge in [-0.1, -0.05) is 90.6 Å². The van der Waals surface area contributed by atoms with E-state index in [0.29, 0.717) is 46.8 Å². The van der Waals surface area contributed by atoms with E-state index < -0.39 is 0 Å². The third kappa shape index (κ3) is 11.4. The normalized spacial score (nSPS) is 14.3. The lowest BCUT2D eigenvalue weighted by molar-refractivity contribution is 0.144. The summed E-state index contributed by atoms with van der Waals surface area (Å²) in [4.78, 5) is 13.3. The monoisotopic (exact) mass is 1070 g/mol. The number of hydrogen-bond acceptors (Lipinski definition) is 16. The summed E-state index contributed by atoms with van der Waals surface area (Å²) in [6.45, 7) is 4.73. The van der Waals surface area contributed by atoms with Gasteiger partial charge >= 0.3 is 5.35 Å². The molecule has 392 valence electrons.